The molecule has 0 aliphatic heterocycles. The number of ether oxygens (including phenoxy) is 1. The Morgan fingerprint density at radius 3 is 2.81 bits per heavy atom. The molecule has 1 N–H and O–H groups in total. The average Bonchev–Trinajstić information content (AvgIpc) is 2.20. The third-order valence-corrected chi connectivity index (χ3v) is 2.89. The highest BCUT2D eigenvalue weighted by molar-refractivity contribution is 9.10. The summed E-state index contributed by atoms with van der Waals surface area (Å²) in [6.07, 6.45) is 0. The molecule has 0 amide bonds. The minimum atomic E-state index is -0.361. The zero-order valence-corrected chi connectivity index (χ0v) is 11.5. The van der Waals surface area contributed by atoms with E-state index in [1.165, 1.54) is 12.1 Å². The minimum absolute atomic E-state index is 0.110. The van der Waals surface area contributed by atoms with Gasteiger partial charge in [-0.2, -0.15) is 0 Å². The first-order valence-electron chi connectivity index (χ1n) is 5.03. The van der Waals surface area contributed by atoms with Gasteiger partial charge in [0.25, 0.3) is 0 Å². The van der Waals surface area contributed by atoms with Crippen molar-refractivity contribution in [2.24, 2.45) is 0 Å². The first kappa shape index (κ1) is 13.7. The first-order valence-corrected chi connectivity index (χ1v) is 6.20. The number of anilines is 1. The molecule has 0 radical (unpaired) electrons. The second-order valence-electron chi connectivity index (χ2n) is 3.45. The molecule has 1 rings (SSSR count). The Bertz CT molecular complexity index is 339. The second-order valence-corrected chi connectivity index (χ2v) is 4.71. The molecule has 0 aliphatic carbocycles. The quantitative estimate of drug-likeness (QED) is 0.885. The van der Waals surface area contributed by atoms with Crippen LogP contribution >= 0.6 is 27.5 Å². The van der Waals surface area contributed by atoms with Crippen molar-refractivity contribution in [3.8, 4) is 0 Å². The summed E-state index contributed by atoms with van der Waals surface area (Å²) in [6.45, 7) is 5.16. The Kier molecular flexibility index (Phi) is 5.52. The number of hydrogen-bond acceptors (Lipinski definition) is 2. The average molecular weight is 311 g/mol. The zero-order chi connectivity index (χ0) is 12.1. The van der Waals surface area contributed by atoms with Crippen molar-refractivity contribution in [2.75, 3.05) is 18.5 Å². The molecule has 0 spiro atoms. The fraction of sp³-hybridized carbons (Fsp3) is 0.455. The summed E-state index contributed by atoms with van der Waals surface area (Å²) in [4.78, 5) is 0. The van der Waals surface area contributed by atoms with E-state index < -0.39 is 0 Å². The van der Waals surface area contributed by atoms with Crippen molar-refractivity contribution in [2.45, 2.75) is 19.9 Å². The standard InChI is InChI=1S/C11H14BrClFNO/c1-3-16-6-7(2)15-11-9(12)4-8(14)5-10(11)13/h4-5,7,15H,3,6H2,1-2H3. The lowest BCUT2D eigenvalue weighted by Gasteiger charge is -2.17. The highest BCUT2D eigenvalue weighted by Crippen LogP contribution is 2.32. The zero-order valence-electron chi connectivity index (χ0n) is 9.19. The van der Waals surface area contributed by atoms with Gasteiger partial charge in [-0.15, -0.1) is 0 Å². The van der Waals surface area contributed by atoms with Gasteiger partial charge in [-0.05, 0) is 41.9 Å². The predicted molar refractivity (Wildman–Crippen MR) is 68.7 cm³/mol. The number of hydrogen-bond donors (Lipinski definition) is 1. The topological polar surface area (TPSA) is 21.3 Å². The molecule has 1 aromatic carbocycles. The van der Waals surface area contributed by atoms with Crippen molar-refractivity contribution < 1.29 is 9.13 Å². The molecule has 0 bridgehead atoms. The van der Waals surface area contributed by atoms with E-state index in [0.717, 1.165) is 0 Å². The fourth-order valence-electron chi connectivity index (χ4n) is 1.26. The normalized spacial score (nSPS) is 12.6. The molecular weight excluding hydrogens is 296 g/mol. The summed E-state index contributed by atoms with van der Waals surface area (Å²) < 4.78 is 18.9. The van der Waals surface area contributed by atoms with E-state index in [2.05, 4.69) is 21.2 Å². The molecule has 0 fully saturated rings. The number of halogens is 3. The lowest BCUT2D eigenvalue weighted by atomic mass is 10.2. The highest BCUT2D eigenvalue weighted by atomic mass is 79.9. The molecular formula is C11H14BrClFNO. The molecule has 1 aromatic rings. The van der Waals surface area contributed by atoms with Gasteiger partial charge in [0.05, 0.1) is 17.3 Å². The molecule has 90 valence electrons. The van der Waals surface area contributed by atoms with Crippen molar-refractivity contribution in [3.63, 3.8) is 0 Å². The van der Waals surface area contributed by atoms with E-state index in [4.69, 9.17) is 16.3 Å². The minimum Gasteiger partial charge on any atom is -0.380 e. The smallest absolute Gasteiger partial charge is 0.125 e. The van der Waals surface area contributed by atoms with Crippen LogP contribution < -0.4 is 5.32 Å². The fourth-order valence-corrected chi connectivity index (χ4v) is 2.18. The van der Waals surface area contributed by atoms with Crippen molar-refractivity contribution >= 4 is 33.2 Å². The monoisotopic (exact) mass is 309 g/mol. The molecule has 5 heteroatoms. The molecule has 1 atom stereocenters. The lowest BCUT2D eigenvalue weighted by molar-refractivity contribution is 0.141. The van der Waals surface area contributed by atoms with Crippen LogP contribution in [0.4, 0.5) is 10.1 Å². The lowest BCUT2D eigenvalue weighted by Crippen LogP contribution is -2.22. The second kappa shape index (κ2) is 6.42. The van der Waals surface area contributed by atoms with Crippen molar-refractivity contribution in [1.82, 2.24) is 0 Å². The van der Waals surface area contributed by atoms with E-state index in [-0.39, 0.29) is 11.9 Å². The van der Waals surface area contributed by atoms with Gasteiger partial charge in [0.2, 0.25) is 0 Å². The van der Waals surface area contributed by atoms with Crippen LogP contribution in [-0.2, 0) is 4.74 Å². The van der Waals surface area contributed by atoms with Crippen molar-refractivity contribution in [3.05, 3.63) is 27.4 Å². The van der Waals surface area contributed by atoms with Gasteiger partial charge in [0, 0.05) is 17.1 Å². The number of rotatable bonds is 5. The van der Waals surface area contributed by atoms with E-state index in [0.29, 0.717) is 28.4 Å². The maximum absolute atomic E-state index is 13.0. The van der Waals surface area contributed by atoms with Crippen LogP contribution in [0.15, 0.2) is 16.6 Å². The largest absolute Gasteiger partial charge is 0.380 e. The first-order chi connectivity index (χ1) is 7.54. The Hall–Kier alpha value is -0.320. The summed E-state index contributed by atoms with van der Waals surface area (Å²) in [5.41, 5.74) is 0.690. The summed E-state index contributed by atoms with van der Waals surface area (Å²) in [7, 11) is 0. The van der Waals surface area contributed by atoms with Gasteiger partial charge in [0.15, 0.2) is 0 Å². The van der Waals surface area contributed by atoms with Crippen LogP contribution in [0.1, 0.15) is 13.8 Å². The summed E-state index contributed by atoms with van der Waals surface area (Å²) in [5.74, 6) is -0.361. The van der Waals surface area contributed by atoms with Gasteiger partial charge in [-0.3, -0.25) is 0 Å². The predicted octanol–water partition coefficient (Wildman–Crippen LogP) is 4.08. The Morgan fingerprint density at radius 2 is 2.25 bits per heavy atom. The van der Waals surface area contributed by atoms with Crippen LogP contribution in [0.5, 0.6) is 0 Å². The van der Waals surface area contributed by atoms with E-state index in [9.17, 15) is 4.39 Å². The molecule has 16 heavy (non-hydrogen) atoms. The van der Waals surface area contributed by atoms with Gasteiger partial charge >= 0.3 is 0 Å². The Labute approximate surface area is 108 Å². The highest BCUT2D eigenvalue weighted by Gasteiger charge is 2.10. The summed E-state index contributed by atoms with van der Waals surface area (Å²) >= 11 is 9.21. The van der Waals surface area contributed by atoms with E-state index in [1.807, 2.05) is 13.8 Å². The molecule has 0 aromatic heterocycles. The van der Waals surface area contributed by atoms with Gasteiger partial charge in [0.1, 0.15) is 5.82 Å². The van der Waals surface area contributed by atoms with Gasteiger partial charge in [-0.25, -0.2) is 4.39 Å². The van der Waals surface area contributed by atoms with Crippen LogP contribution in [0.2, 0.25) is 5.02 Å². The summed E-state index contributed by atoms with van der Waals surface area (Å²) in [5, 5.41) is 3.53. The Morgan fingerprint density at radius 1 is 1.56 bits per heavy atom. The van der Waals surface area contributed by atoms with Gasteiger partial charge < -0.3 is 10.1 Å². The third-order valence-electron chi connectivity index (χ3n) is 1.97. The number of benzene rings is 1. The van der Waals surface area contributed by atoms with Gasteiger partial charge in [-0.1, -0.05) is 11.6 Å². The van der Waals surface area contributed by atoms with E-state index >= 15 is 0 Å². The van der Waals surface area contributed by atoms with Crippen LogP contribution in [-0.4, -0.2) is 19.3 Å². The molecule has 0 saturated heterocycles. The molecule has 1 unspecified atom stereocenters. The molecule has 0 heterocycles. The number of nitrogens with one attached hydrogen (secondary N) is 1. The van der Waals surface area contributed by atoms with Crippen molar-refractivity contribution in [1.29, 1.82) is 0 Å². The SMILES string of the molecule is CCOCC(C)Nc1c(Cl)cc(F)cc1Br. The third kappa shape index (κ3) is 3.92. The maximum Gasteiger partial charge on any atom is 0.125 e. The molecule has 2 nitrogen and oxygen atoms in total. The summed E-state index contributed by atoms with van der Waals surface area (Å²) in [6, 6.07) is 2.77. The maximum atomic E-state index is 13.0. The molecule has 0 saturated carbocycles. The van der Waals surface area contributed by atoms with Crippen LogP contribution in [0, 0.1) is 5.82 Å². The van der Waals surface area contributed by atoms with Crippen LogP contribution in [0.3, 0.4) is 0 Å². The molecule has 0 aliphatic rings. The Balaban J connectivity index is 2.73. The van der Waals surface area contributed by atoms with Crippen LogP contribution in [0.25, 0.3) is 0 Å². The van der Waals surface area contributed by atoms with E-state index in [1.54, 1.807) is 0 Å².